The molecule has 1 atom stereocenters. The van der Waals surface area contributed by atoms with Gasteiger partial charge in [-0.15, -0.1) is 0 Å². The van der Waals surface area contributed by atoms with Crippen LogP contribution in [0.3, 0.4) is 0 Å². The predicted octanol–water partition coefficient (Wildman–Crippen LogP) is 4.53. The first-order valence-corrected chi connectivity index (χ1v) is 8.65. The number of carbonyl (C=O) groups excluding carboxylic acids is 1. The number of hydrogen-bond donors (Lipinski definition) is 2. The Bertz CT molecular complexity index is 911. The Morgan fingerprint density at radius 2 is 1.63 bits per heavy atom. The fourth-order valence-electron chi connectivity index (χ4n) is 3.03. The number of benzene rings is 3. The second-order valence-corrected chi connectivity index (χ2v) is 6.02. The maximum absolute atomic E-state index is 14.1. The fourth-order valence-corrected chi connectivity index (χ4v) is 3.03. The number of hydroxylamine groups is 1. The molecule has 0 bridgehead atoms. The SMILES string of the molecule is CCOc1ccc(-c2ccc(C(C(=O)NO)c3ccccc3)cc2)cc1F. The van der Waals surface area contributed by atoms with E-state index in [1.54, 1.807) is 36.7 Å². The third kappa shape index (κ3) is 4.15. The summed E-state index contributed by atoms with van der Waals surface area (Å²) < 4.78 is 19.3. The van der Waals surface area contributed by atoms with Crippen LogP contribution in [-0.4, -0.2) is 17.7 Å². The fraction of sp³-hybridized carbons (Fsp3) is 0.136. The number of nitrogens with one attached hydrogen (secondary N) is 1. The largest absolute Gasteiger partial charge is 0.491 e. The normalized spacial score (nSPS) is 11.7. The first-order chi connectivity index (χ1) is 13.1. The summed E-state index contributed by atoms with van der Waals surface area (Å²) in [5.41, 5.74) is 4.75. The van der Waals surface area contributed by atoms with Crippen LogP contribution < -0.4 is 10.2 Å². The minimum absolute atomic E-state index is 0.224. The van der Waals surface area contributed by atoms with E-state index in [1.165, 1.54) is 6.07 Å². The summed E-state index contributed by atoms with van der Waals surface area (Å²) in [5.74, 6) is -1.34. The Hall–Kier alpha value is -3.18. The smallest absolute Gasteiger partial charge is 0.255 e. The molecule has 27 heavy (non-hydrogen) atoms. The number of ether oxygens (including phenoxy) is 1. The lowest BCUT2D eigenvalue weighted by atomic mass is 9.89. The predicted molar refractivity (Wildman–Crippen MR) is 101 cm³/mol. The first kappa shape index (κ1) is 18.6. The Kier molecular flexibility index (Phi) is 5.84. The van der Waals surface area contributed by atoms with Gasteiger partial charge in [0, 0.05) is 0 Å². The number of halogens is 1. The molecule has 0 aliphatic heterocycles. The van der Waals surface area contributed by atoms with Crippen molar-refractivity contribution < 1.29 is 19.1 Å². The van der Waals surface area contributed by atoms with Crippen molar-refractivity contribution in [2.75, 3.05) is 6.61 Å². The molecule has 3 aromatic carbocycles. The van der Waals surface area contributed by atoms with Crippen LogP contribution >= 0.6 is 0 Å². The van der Waals surface area contributed by atoms with Crippen molar-refractivity contribution >= 4 is 5.91 Å². The van der Waals surface area contributed by atoms with Gasteiger partial charge in [0.05, 0.1) is 12.5 Å². The number of carbonyl (C=O) groups is 1. The summed E-state index contributed by atoms with van der Waals surface area (Å²) in [4.78, 5) is 12.2. The zero-order valence-electron chi connectivity index (χ0n) is 14.9. The highest BCUT2D eigenvalue weighted by molar-refractivity contribution is 5.86. The monoisotopic (exact) mass is 365 g/mol. The summed E-state index contributed by atoms with van der Waals surface area (Å²) in [5, 5.41) is 9.11. The quantitative estimate of drug-likeness (QED) is 0.498. The highest BCUT2D eigenvalue weighted by Gasteiger charge is 2.22. The van der Waals surface area contributed by atoms with Gasteiger partial charge in [0.15, 0.2) is 11.6 Å². The molecule has 0 saturated heterocycles. The first-order valence-electron chi connectivity index (χ1n) is 8.65. The van der Waals surface area contributed by atoms with Gasteiger partial charge in [0.25, 0.3) is 5.91 Å². The van der Waals surface area contributed by atoms with Crippen LogP contribution in [0.5, 0.6) is 5.75 Å². The van der Waals surface area contributed by atoms with Crippen molar-refractivity contribution in [3.05, 3.63) is 89.7 Å². The molecular weight excluding hydrogens is 345 g/mol. The summed E-state index contributed by atoms with van der Waals surface area (Å²) in [7, 11) is 0. The number of rotatable bonds is 6. The zero-order valence-corrected chi connectivity index (χ0v) is 14.9. The van der Waals surface area contributed by atoms with Gasteiger partial charge in [0.1, 0.15) is 0 Å². The van der Waals surface area contributed by atoms with E-state index in [1.807, 2.05) is 42.5 Å². The Labute approximate surface area is 157 Å². The third-order valence-electron chi connectivity index (χ3n) is 4.31. The standard InChI is InChI=1S/C22H20FNO3/c1-2-27-20-13-12-18(14-19(20)23)15-8-10-17(11-9-15)21(22(25)24-26)16-6-4-3-5-7-16/h3-14,21,26H,2H2,1H3,(H,24,25). The molecule has 0 heterocycles. The van der Waals surface area contributed by atoms with Gasteiger partial charge in [-0.05, 0) is 41.3 Å². The highest BCUT2D eigenvalue weighted by Crippen LogP contribution is 2.29. The molecular formula is C22H20FNO3. The molecule has 5 heteroatoms. The average Bonchev–Trinajstić information content (AvgIpc) is 2.71. The van der Waals surface area contributed by atoms with E-state index in [-0.39, 0.29) is 5.75 Å². The van der Waals surface area contributed by atoms with Gasteiger partial charge in [-0.1, -0.05) is 60.7 Å². The van der Waals surface area contributed by atoms with Crippen molar-refractivity contribution in [3.8, 4) is 16.9 Å². The van der Waals surface area contributed by atoms with E-state index in [4.69, 9.17) is 9.94 Å². The van der Waals surface area contributed by atoms with Crippen LogP contribution in [-0.2, 0) is 4.79 Å². The van der Waals surface area contributed by atoms with E-state index in [2.05, 4.69) is 0 Å². The molecule has 1 unspecified atom stereocenters. The molecule has 0 aliphatic rings. The summed E-state index contributed by atoms with van der Waals surface area (Å²) in [6.45, 7) is 2.20. The lowest BCUT2D eigenvalue weighted by molar-refractivity contribution is -0.129. The maximum atomic E-state index is 14.1. The van der Waals surface area contributed by atoms with Gasteiger partial charge in [-0.25, -0.2) is 9.87 Å². The second-order valence-electron chi connectivity index (χ2n) is 6.02. The molecule has 138 valence electrons. The highest BCUT2D eigenvalue weighted by atomic mass is 19.1. The van der Waals surface area contributed by atoms with E-state index in [0.717, 1.165) is 16.7 Å². The van der Waals surface area contributed by atoms with Crippen LogP contribution in [0, 0.1) is 5.82 Å². The molecule has 2 N–H and O–H groups in total. The Morgan fingerprint density at radius 1 is 1.00 bits per heavy atom. The molecule has 1 amide bonds. The van der Waals surface area contributed by atoms with Gasteiger partial charge < -0.3 is 4.74 Å². The lowest BCUT2D eigenvalue weighted by Gasteiger charge is -2.16. The van der Waals surface area contributed by atoms with Crippen molar-refractivity contribution in [2.24, 2.45) is 0 Å². The third-order valence-corrected chi connectivity index (χ3v) is 4.31. The van der Waals surface area contributed by atoms with Crippen molar-refractivity contribution in [3.63, 3.8) is 0 Å². The van der Waals surface area contributed by atoms with Crippen LogP contribution in [0.2, 0.25) is 0 Å². The second kappa shape index (κ2) is 8.47. The van der Waals surface area contributed by atoms with E-state index in [0.29, 0.717) is 12.2 Å². The molecule has 0 aliphatic carbocycles. The summed E-state index contributed by atoms with van der Waals surface area (Å²) in [6.07, 6.45) is 0. The van der Waals surface area contributed by atoms with Gasteiger partial charge >= 0.3 is 0 Å². The minimum atomic E-state index is -0.637. The molecule has 0 radical (unpaired) electrons. The Balaban J connectivity index is 1.91. The molecule has 0 fully saturated rings. The number of amides is 1. The van der Waals surface area contributed by atoms with Crippen LogP contribution in [0.15, 0.2) is 72.8 Å². The maximum Gasteiger partial charge on any atom is 0.255 e. The van der Waals surface area contributed by atoms with Crippen molar-refractivity contribution in [2.45, 2.75) is 12.8 Å². The van der Waals surface area contributed by atoms with Gasteiger partial charge in [-0.2, -0.15) is 0 Å². The van der Waals surface area contributed by atoms with Crippen LogP contribution in [0.25, 0.3) is 11.1 Å². The average molecular weight is 365 g/mol. The van der Waals surface area contributed by atoms with Crippen LogP contribution in [0.1, 0.15) is 24.0 Å². The molecule has 4 nitrogen and oxygen atoms in total. The van der Waals surface area contributed by atoms with E-state index in [9.17, 15) is 9.18 Å². The molecule has 3 aromatic rings. The van der Waals surface area contributed by atoms with Crippen molar-refractivity contribution in [1.82, 2.24) is 5.48 Å². The van der Waals surface area contributed by atoms with E-state index >= 15 is 0 Å². The van der Waals surface area contributed by atoms with Crippen LogP contribution in [0.4, 0.5) is 4.39 Å². The van der Waals surface area contributed by atoms with Crippen molar-refractivity contribution in [1.29, 1.82) is 0 Å². The summed E-state index contributed by atoms with van der Waals surface area (Å²) >= 11 is 0. The molecule has 0 saturated carbocycles. The number of hydrogen-bond acceptors (Lipinski definition) is 3. The lowest BCUT2D eigenvalue weighted by Crippen LogP contribution is -2.27. The van der Waals surface area contributed by atoms with E-state index < -0.39 is 17.6 Å². The molecule has 3 rings (SSSR count). The summed E-state index contributed by atoms with van der Waals surface area (Å²) in [6, 6.07) is 21.3. The zero-order chi connectivity index (χ0) is 19.2. The Morgan fingerprint density at radius 3 is 2.22 bits per heavy atom. The van der Waals surface area contributed by atoms with Gasteiger partial charge in [0.2, 0.25) is 0 Å². The minimum Gasteiger partial charge on any atom is -0.491 e. The molecule has 0 aromatic heterocycles. The van der Waals surface area contributed by atoms with Gasteiger partial charge in [-0.3, -0.25) is 10.0 Å². The molecule has 0 spiro atoms. The topological polar surface area (TPSA) is 58.6 Å².